The van der Waals surface area contributed by atoms with Crippen LogP contribution < -0.4 is 4.74 Å². The number of aromatic nitrogens is 1. The average molecular weight is 385 g/mol. The summed E-state index contributed by atoms with van der Waals surface area (Å²) >= 11 is 0. The molecule has 1 atom stereocenters. The lowest BCUT2D eigenvalue weighted by atomic mass is 9.96. The third kappa shape index (κ3) is 3.78. The van der Waals surface area contributed by atoms with Gasteiger partial charge in [0.1, 0.15) is 17.4 Å². The predicted molar refractivity (Wildman–Crippen MR) is 109 cm³/mol. The summed E-state index contributed by atoms with van der Waals surface area (Å²) in [6.45, 7) is 0.186. The number of carbonyl (C=O) groups is 2. The van der Waals surface area contributed by atoms with E-state index in [1.807, 2.05) is 30.3 Å². The van der Waals surface area contributed by atoms with E-state index < -0.39 is 5.92 Å². The van der Waals surface area contributed by atoms with E-state index in [4.69, 9.17) is 4.74 Å². The highest BCUT2D eigenvalue weighted by Gasteiger charge is 2.45. The Balaban J connectivity index is 1.74. The van der Waals surface area contributed by atoms with E-state index in [0.29, 0.717) is 11.4 Å². The number of rotatable bonds is 5. The Morgan fingerprint density at radius 2 is 1.66 bits per heavy atom. The third-order valence-electron chi connectivity index (χ3n) is 4.80. The maximum Gasteiger partial charge on any atom is 0.276 e. The maximum absolute atomic E-state index is 13.2. The van der Waals surface area contributed by atoms with E-state index in [-0.39, 0.29) is 24.1 Å². The monoisotopic (exact) mass is 385 g/mol. The molecule has 6 heteroatoms. The number of amides is 2. The number of carbonyl (C=O) groups excluding carboxylic acids is 2. The fourth-order valence-corrected chi connectivity index (χ4v) is 3.31. The molecule has 0 aliphatic carbocycles. The number of hydrogen-bond donors (Lipinski definition) is 0. The minimum Gasteiger partial charge on any atom is -0.497 e. The van der Waals surface area contributed by atoms with Crippen LogP contribution in [0.2, 0.25) is 0 Å². The van der Waals surface area contributed by atoms with Crippen molar-refractivity contribution in [3.63, 3.8) is 0 Å². The van der Waals surface area contributed by atoms with E-state index in [9.17, 15) is 9.59 Å². The fraction of sp³-hybridized carbons (Fsp3) is 0.130. The van der Waals surface area contributed by atoms with Crippen molar-refractivity contribution in [3.05, 3.63) is 90.3 Å². The van der Waals surface area contributed by atoms with Gasteiger partial charge in [0.2, 0.25) is 5.91 Å². The normalized spacial score (nSPS) is 17.8. The van der Waals surface area contributed by atoms with Crippen LogP contribution in [0.4, 0.5) is 5.69 Å². The Bertz CT molecular complexity index is 1050. The Labute approximate surface area is 168 Å². The largest absolute Gasteiger partial charge is 0.497 e. The number of imide groups is 1. The topological polar surface area (TPSA) is 71.9 Å². The Morgan fingerprint density at radius 3 is 2.31 bits per heavy atom. The minimum absolute atomic E-state index is 0.186. The summed E-state index contributed by atoms with van der Waals surface area (Å²) in [5.41, 5.74) is 2.39. The van der Waals surface area contributed by atoms with Crippen molar-refractivity contribution in [1.82, 2.24) is 9.88 Å². The molecule has 2 amide bonds. The van der Waals surface area contributed by atoms with Gasteiger partial charge >= 0.3 is 0 Å². The van der Waals surface area contributed by atoms with Crippen LogP contribution in [0.15, 0.2) is 84.1 Å². The first-order valence-electron chi connectivity index (χ1n) is 9.19. The van der Waals surface area contributed by atoms with Gasteiger partial charge in [-0.1, -0.05) is 30.3 Å². The molecule has 1 fully saturated rings. The number of aliphatic imine (C=N–C) groups is 1. The number of ether oxygens (including phenoxy) is 1. The van der Waals surface area contributed by atoms with Crippen molar-refractivity contribution in [2.75, 3.05) is 7.11 Å². The molecule has 2 aromatic carbocycles. The zero-order chi connectivity index (χ0) is 20.2. The molecule has 1 aliphatic heterocycles. The van der Waals surface area contributed by atoms with Gasteiger partial charge in [0.15, 0.2) is 0 Å². The molecule has 0 saturated carbocycles. The molecular weight excluding hydrogens is 366 g/mol. The van der Waals surface area contributed by atoms with Crippen molar-refractivity contribution < 1.29 is 14.3 Å². The Kier molecular flexibility index (Phi) is 5.16. The first kappa shape index (κ1) is 18.6. The summed E-state index contributed by atoms with van der Waals surface area (Å²) in [7, 11) is 1.59. The van der Waals surface area contributed by atoms with Crippen LogP contribution in [0, 0.1) is 0 Å². The van der Waals surface area contributed by atoms with Crippen LogP contribution in [0.5, 0.6) is 5.75 Å². The second-order valence-corrected chi connectivity index (χ2v) is 6.62. The van der Waals surface area contributed by atoms with E-state index >= 15 is 0 Å². The smallest absolute Gasteiger partial charge is 0.276 e. The molecule has 144 valence electrons. The zero-order valence-corrected chi connectivity index (χ0v) is 15.9. The van der Waals surface area contributed by atoms with Gasteiger partial charge in [-0.3, -0.25) is 19.5 Å². The number of hydrogen-bond acceptors (Lipinski definition) is 5. The predicted octanol–water partition coefficient (Wildman–Crippen LogP) is 3.52. The minimum atomic E-state index is -0.729. The molecule has 0 bridgehead atoms. The van der Waals surface area contributed by atoms with E-state index in [2.05, 4.69) is 9.98 Å². The van der Waals surface area contributed by atoms with Gasteiger partial charge in [-0.25, -0.2) is 4.99 Å². The number of methoxy groups -OCH3 is 1. The Hall–Kier alpha value is -3.80. The highest BCUT2D eigenvalue weighted by Crippen LogP contribution is 2.31. The molecule has 3 aromatic rings. The maximum atomic E-state index is 13.2. The fourth-order valence-electron chi connectivity index (χ4n) is 3.31. The molecule has 0 radical (unpaired) electrons. The molecule has 4 rings (SSSR count). The van der Waals surface area contributed by atoms with Gasteiger partial charge in [-0.05, 0) is 47.5 Å². The molecule has 6 nitrogen and oxygen atoms in total. The van der Waals surface area contributed by atoms with E-state index in [0.717, 1.165) is 11.1 Å². The quantitative estimate of drug-likeness (QED) is 0.630. The van der Waals surface area contributed by atoms with Gasteiger partial charge in [0.25, 0.3) is 5.91 Å². The lowest BCUT2D eigenvalue weighted by molar-refractivity contribution is -0.138. The van der Waals surface area contributed by atoms with Crippen molar-refractivity contribution in [3.8, 4) is 5.75 Å². The van der Waals surface area contributed by atoms with Gasteiger partial charge in [-0.2, -0.15) is 0 Å². The van der Waals surface area contributed by atoms with Gasteiger partial charge in [0.05, 0.1) is 19.3 Å². The second kappa shape index (κ2) is 8.06. The summed E-state index contributed by atoms with van der Waals surface area (Å²) in [6.07, 6.45) is 3.28. The number of benzene rings is 2. The highest BCUT2D eigenvalue weighted by atomic mass is 16.5. The molecule has 1 aromatic heterocycles. The van der Waals surface area contributed by atoms with Crippen LogP contribution in [0.3, 0.4) is 0 Å². The molecule has 0 N–H and O–H groups in total. The third-order valence-corrected chi connectivity index (χ3v) is 4.80. The summed E-state index contributed by atoms with van der Waals surface area (Å²) in [5, 5.41) is 0. The first-order valence-corrected chi connectivity index (χ1v) is 9.19. The van der Waals surface area contributed by atoms with E-state index in [1.165, 1.54) is 4.90 Å². The lowest BCUT2D eigenvalue weighted by Gasteiger charge is -2.14. The summed E-state index contributed by atoms with van der Waals surface area (Å²) in [6, 6.07) is 19.9. The van der Waals surface area contributed by atoms with Crippen molar-refractivity contribution in [2.24, 2.45) is 4.99 Å². The summed E-state index contributed by atoms with van der Waals surface area (Å²) in [4.78, 5) is 36.2. The highest BCUT2D eigenvalue weighted by molar-refractivity contribution is 6.52. The van der Waals surface area contributed by atoms with Crippen LogP contribution in [0.1, 0.15) is 17.0 Å². The molecule has 1 unspecified atom stereocenters. The molecule has 29 heavy (non-hydrogen) atoms. The molecule has 1 saturated heterocycles. The van der Waals surface area contributed by atoms with Crippen LogP contribution in [0.25, 0.3) is 0 Å². The van der Waals surface area contributed by atoms with Gasteiger partial charge in [0, 0.05) is 12.4 Å². The summed E-state index contributed by atoms with van der Waals surface area (Å²) in [5.74, 6) is -0.684. The SMILES string of the molecule is COc1ccc(N=C2C(=O)N(Cc3ccncc3)C(=O)C2c2ccccc2)cc1. The number of pyridine rings is 1. The first-order chi connectivity index (χ1) is 14.2. The van der Waals surface area contributed by atoms with Crippen LogP contribution in [-0.2, 0) is 16.1 Å². The van der Waals surface area contributed by atoms with Gasteiger partial charge in [-0.15, -0.1) is 0 Å². The van der Waals surface area contributed by atoms with E-state index in [1.54, 1.807) is 55.9 Å². The van der Waals surface area contributed by atoms with Crippen molar-refractivity contribution >= 4 is 23.2 Å². The molecule has 0 spiro atoms. The lowest BCUT2D eigenvalue weighted by Crippen LogP contribution is -2.30. The Morgan fingerprint density at radius 1 is 0.966 bits per heavy atom. The number of nitrogens with zero attached hydrogens (tertiary/aromatic N) is 3. The standard InChI is InChI=1S/C23H19N3O3/c1-29-19-9-7-18(8-10-19)25-21-20(17-5-3-2-4-6-17)22(27)26(23(21)28)15-16-11-13-24-14-12-16/h2-14,20H,15H2,1H3. The number of likely N-dealkylation sites (tertiary alicyclic amines) is 1. The van der Waals surface area contributed by atoms with Crippen LogP contribution >= 0.6 is 0 Å². The summed E-state index contributed by atoms with van der Waals surface area (Å²) < 4.78 is 5.17. The van der Waals surface area contributed by atoms with Crippen molar-refractivity contribution in [1.29, 1.82) is 0 Å². The average Bonchev–Trinajstić information content (AvgIpc) is 3.00. The molecular formula is C23H19N3O3. The van der Waals surface area contributed by atoms with Gasteiger partial charge < -0.3 is 4.74 Å². The zero-order valence-electron chi connectivity index (χ0n) is 15.9. The molecule has 2 heterocycles. The molecule has 1 aliphatic rings. The second-order valence-electron chi connectivity index (χ2n) is 6.62. The van der Waals surface area contributed by atoms with Crippen molar-refractivity contribution in [2.45, 2.75) is 12.5 Å². The van der Waals surface area contributed by atoms with Crippen LogP contribution in [-0.4, -0.2) is 34.5 Å².